The van der Waals surface area contributed by atoms with Crippen molar-refractivity contribution in [2.45, 2.75) is 12.1 Å². The Bertz CT molecular complexity index is 945. The number of nitrogens with zero attached hydrogens (tertiary/aromatic N) is 2. The Hall–Kier alpha value is -2.33. The van der Waals surface area contributed by atoms with Gasteiger partial charge in [-0.05, 0) is 29.8 Å². The summed E-state index contributed by atoms with van der Waals surface area (Å²) in [7, 11) is 0. The SMILES string of the molecule is OC1C(c2ccccc2)=NN(c2ccccc2)C1c1ccc(Cl)cc1Cl. The van der Waals surface area contributed by atoms with Crippen LogP contribution in [0.25, 0.3) is 0 Å². The van der Waals surface area contributed by atoms with Crippen LogP contribution in [0.15, 0.2) is 84.0 Å². The Labute approximate surface area is 162 Å². The lowest BCUT2D eigenvalue weighted by Gasteiger charge is -2.27. The van der Waals surface area contributed by atoms with Gasteiger partial charge in [-0.3, -0.25) is 5.01 Å². The number of hydrogen-bond donors (Lipinski definition) is 1. The van der Waals surface area contributed by atoms with Gasteiger partial charge in [-0.25, -0.2) is 0 Å². The van der Waals surface area contributed by atoms with Gasteiger partial charge in [0.2, 0.25) is 0 Å². The van der Waals surface area contributed by atoms with E-state index in [9.17, 15) is 5.11 Å². The highest BCUT2D eigenvalue weighted by molar-refractivity contribution is 6.35. The minimum absolute atomic E-state index is 0.433. The van der Waals surface area contributed by atoms with E-state index in [2.05, 4.69) is 0 Å². The lowest BCUT2D eigenvalue weighted by molar-refractivity contribution is 0.217. The van der Waals surface area contributed by atoms with Crippen LogP contribution >= 0.6 is 23.2 Å². The number of hydrogen-bond acceptors (Lipinski definition) is 3. The maximum Gasteiger partial charge on any atom is 0.125 e. The molecule has 3 aromatic rings. The molecule has 0 bridgehead atoms. The Kier molecular flexibility index (Phi) is 4.68. The number of halogens is 2. The fraction of sp³-hybridized carbons (Fsp3) is 0.0952. The molecule has 5 heteroatoms. The maximum atomic E-state index is 11.1. The lowest BCUT2D eigenvalue weighted by atomic mass is 9.95. The second kappa shape index (κ2) is 7.12. The average molecular weight is 383 g/mol. The molecule has 2 unspecified atom stereocenters. The van der Waals surface area contributed by atoms with Crippen LogP contribution in [0.1, 0.15) is 17.2 Å². The molecule has 4 rings (SSSR count). The topological polar surface area (TPSA) is 35.8 Å². The Morgan fingerprint density at radius 1 is 0.846 bits per heavy atom. The zero-order valence-electron chi connectivity index (χ0n) is 13.8. The molecule has 1 aliphatic heterocycles. The molecule has 1 aliphatic rings. The highest BCUT2D eigenvalue weighted by Gasteiger charge is 2.39. The monoisotopic (exact) mass is 382 g/mol. The van der Waals surface area contributed by atoms with Gasteiger partial charge in [-0.1, -0.05) is 77.8 Å². The molecule has 3 aromatic carbocycles. The standard InChI is InChI=1S/C21H16Cl2N2O/c22-15-11-12-17(18(23)13-15)20-21(26)19(14-7-3-1-4-8-14)24-25(20)16-9-5-2-6-10-16/h1-13,20-21,26H. The fourth-order valence-corrected chi connectivity index (χ4v) is 3.72. The van der Waals surface area contributed by atoms with Gasteiger partial charge in [0.05, 0.1) is 11.4 Å². The first-order chi connectivity index (χ1) is 12.6. The third-order valence-electron chi connectivity index (χ3n) is 4.43. The highest BCUT2D eigenvalue weighted by atomic mass is 35.5. The van der Waals surface area contributed by atoms with Gasteiger partial charge < -0.3 is 5.11 Å². The zero-order valence-corrected chi connectivity index (χ0v) is 15.3. The fourth-order valence-electron chi connectivity index (χ4n) is 3.20. The van der Waals surface area contributed by atoms with Crippen LogP contribution in [-0.4, -0.2) is 16.9 Å². The largest absolute Gasteiger partial charge is 0.384 e. The molecular weight excluding hydrogens is 367 g/mol. The first kappa shape index (κ1) is 17.1. The molecule has 0 radical (unpaired) electrons. The van der Waals surface area contributed by atoms with E-state index >= 15 is 0 Å². The number of hydrazone groups is 1. The first-order valence-corrected chi connectivity index (χ1v) is 9.02. The van der Waals surface area contributed by atoms with Crippen molar-refractivity contribution in [3.05, 3.63) is 100 Å². The van der Waals surface area contributed by atoms with Crippen molar-refractivity contribution < 1.29 is 5.11 Å². The van der Waals surface area contributed by atoms with Crippen LogP contribution in [0, 0.1) is 0 Å². The summed E-state index contributed by atoms with van der Waals surface area (Å²) in [6.45, 7) is 0. The van der Waals surface area contributed by atoms with Gasteiger partial charge in [0.25, 0.3) is 0 Å². The minimum atomic E-state index is -0.823. The normalized spacial score (nSPS) is 19.5. The summed E-state index contributed by atoms with van der Waals surface area (Å²) in [5.74, 6) is 0. The van der Waals surface area contributed by atoms with Crippen molar-refractivity contribution in [2.75, 3.05) is 5.01 Å². The second-order valence-electron chi connectivity index (χ2n) is 6.09. The van der Waals surface area contributed by atoms with Crippen molar-refractivity contribution in [1.82, 2.24) is 0 Å². The number of aliphatic hydroxyl groups excluding tert-OH is 1. The van der Waals surface area contributed by atoms with E-state index < -0.39 is 12.1 Å². The number of para-hydroxylation sites is 1. The van der Waals surface area contributed by atoms with E-state index in [1.165, 1.54) is 0 Å². The van der Waals surface area contributed by atoms with Crippen LogP contribution in [0.2, 0.25) is 10.0 Å². The quantitative estimate of drug-likeness (QED) is 0.665. The molecule has 0 saturated carbocycles. The Morgan fingerprint density at radius 2 is 1.50 bits per heavy atom. The molecule has 0 saturated heterocycles. The highest BCUT2D eigenvalue weighted by Crippen LogP contribution is 2.40. The average Bonchev–Trinajstić information content (AvgIpc) is 3.00. The third-order valence-corrected chi connectivity index (χ3v) is 4.99. The zero-order chi connectivity index (χ0) is 18.1. The third kappa shape index (κ3) is 3.10. The van der Waals surface area contributed by atoms with Crippen molar-refractivity contribution >= 4 is 34.6 Å². The molecule has 130 valence electrons. The van der Waals surface area contributed by atoms with Gasteiger partial charge in [-0.15, -0.1) is 0 Å². The van der Waals surface area contributed by atoms with E-state index in [-0.39, 0.29) is 0 Å². The summed E-state index contributed by atoms with van der Waals surface area (Å²) in [6, 6.07) is 24.3. The summed E-state index contributed by atoms with van der Waals surface area (Å²) in [5.41, 5.74) is 3.16. The molecule has 1 N–H and O–H groups in total. The van der Waals surface area contributed by atoms with Crippen LogP contribution in [0.5, 0.6) is 0 Å². The van der Waals surface area contributed by atoms with Gasteiger partial charge in [0.15, 0.2) is 0 Å². The summed E-state index contributed by atoms with van der Waals surface area (Å²) < 4.78 is 0. The molecule has 1 heterocycles. The molecule has 0 spiro atoms. The number of anilines is 1. The lowest BCUT2D eigenvalue weighted by Crippen LogP contribution is -2.30. The number of aliphatic hydroxyl groups is 1. The van der Waals surface area contributed by atoms with Gasteiger partial charge in [0, 0.05) is 15.6 Å². The molecule has 0 fully saturated rings. The molecule has 2 atom stereocenters. The summed E-state index contributed by atoms with van der Waals surface area (Å²) in [5, 5.41) is 18.7. The number of rotatable bonds is 3. The van der Waals surface area contributed by atoms with Crippen LogP contribution < -0.4 is 5.01 Å². The summed E-state index contributed by atoms with van der Waals surface area (Å²) >= 11 is 12.5. The van der Waals surface area contributed by atoms with Crippen molar-refractivity contribution in [1.29, 1.82) is 0 Å². The maximum absolute atomic E-state index is 11.1. The Balaban J connectivity index is 1.84. The molecular formula is C21H16Cl2N2O. The first-order valence-electron chi connectivity index (χ1n) is 8.26. The minimum Gasteiger partial charge on any atom is -0.384 e. The molecule has 0 aliphatic carbocycles. The Morgan fingerprint density at radius 3 is 2.15 bits per heavy atom. The molecule has 26 heavy (non-hydrogen) atoms. The molecule has 0 amide bonds. The van der Waals surface area contributed by atoms with Crippen LogP contribution in [0.4, 0.5) is 5.69 Å². The number of benzene rings is 3. The second-order valence-corrected chi connectivity index (χ2v) is 6.93. The van der Waals surface area contributed by atoms with Crippen molar-refractivity contribution in [3.8, 4) is 0 Å². The van der Waals surface area contributed by atoms with E-state index in [0.717, 1.165) is 16.8 Å². The van der Waals surface area contributed by atoms with Crippen LogP contribution in [0.3, 0.4) is 0 Å². The van der Waals surface area contributed by atoms with Gasteiger partial charge >= 0.3 is 0 Å². The summed E-state index contributed by atoms with van der Waals surface area (Å²) in [6.07, 6.45) is -0.823. The summed E-state index contributed by atoms with van der Waals surface area (Å²) in [4.78, 5) is 0. The van der Waals surface area contributed by atoms with Crippen LogP contribution in [-0.2, 0) is 0 Å². The molecule has 3 nitrogen and oxygen atoms in total. The van der Waals surface area contributed by atoms with E-state index in [0.29, 0.717) is 15.8 Å². The van der Waals surface area contributed by atoms with E-state index in [4.69, 9.17) is 28.3 Å². The van der Waals surface area contributed by atoms with Crippen molar-refractivity contribution in [2.24, 2.45) is 5.10 Å². The van der Waals surface area contributed by atoms with Gasteiger partial charge in [0.1, 0.15) is 12.1 Å². The predicted octanol–water partition coefficient (Wildman–Crippen LogP) is 5.32. The smallest absolute Gasteiger partial charge is 0.125 e. The van der Waals surface area contributed by atoms with E-state index in [1.54, 1.807) is 12.1 Å². The van der Waals surface area contributed by atoms with Gasteiger partial charge in [-0.2, -0.15) is 5.10 Å². The predicted molar refractivity (Wildman–Crippen MR) is 107 cm³/mol. The molecule has 0 aromatic heterocycles. The van der Waals surface area contributed by atoms with Crippen molar-refractivity contribution in [3.63, 3.8) is 0 Å². The van der Waals surface area contributed by atoms with E-state index in [1.807, 2.05) is 71.7 Å².